The first-order chi connectivity index (χ1) is 12.8. The van der Waals surface area contributed by atoms with Gasteiger partial charge in [0.15, 0.2) is 0 Å². The lowest BCUT2D eigenvalue weighted by Gasteiger charge is -2.37. The summed E-state index contributed by atoms with van der Waals surface area (Å²) in [5, 5.41) is 0.540. The van der Waals surface area contributed by atoms with Gasteiger partial charge in [-0.15, -0.1) is 0 Å². The fraction of sp³-hybridized carbons (Fsp3) is 0.611. The van der Waals surface area contributed by atoms with Crippen LogP contribution in [-0.4, -0.2) is 81.5 Å². The van der Waals surface area contributed by atoms with E-state index in [4.69, 9.17) is 16.3 Å². The van der Waals surface area contributed by atoms with Crippen LogP contribution in [0.25, 0.3) is 0 Å². The van der Waals surface area contributed by atoms with Crippen LogP contribution < -0.4 is 0 Å². The number of piperidine rings is 1. The van der Waals surface area contributed by atoms with E-state index in [2.05, 4.69) is 0 Å². The number of likely N-dealkylation sites (tertiary alicyclic amines) is 2. The Bertz CT molecular complexity index is 786. The van der Waals surface area contributed by atoms with Gasteiger partial charge in [0.05, 0.1) is 17.6 Å². The number of aromatic nitrogens is 1. The molecule has 2 atom stereocenters. The minimum atomic E-state index is -0.299. The molecule has 4 heterocycles. The largest absolute Gasteiger partial charge is 0.442 e. The Labute approximate surface area is 162 Å². The molecule has 0 bridgehead atoms. The molecule has 0 unspecified atom stereocenters. The third kappa shape index (κ3) is 3.16. The van der Waals surface area contributed by atoms with E-state index in [1.807, 2.05) is 0 Å². The molecule has 146 valence electrons. The molecule has 3 amide bonds. The number of nitrogens with zero attached hydrogens (tertiary/aromatic N) is 4. The van der Waals surface area contributed by atoms with E-state index in [-0.39, 0.29) is 36.1 Å². The number of aryl methyl sites for hydroxylation is 1. The van der Waals surface area contributed by atoms with E-state index in [1.54, 1.807) is 38.6 Å². The molecule has 0 aromatic carbocycles. The number of hydrogen-bond donors (Lipinski definition) is 0. The molecule has 3 aliphatic heterocycles. The van der Waals surface area contributed by atoms with Crippen molar-refractivity contribution in [3.05, 3.63) is 23.0 Å². The Balaban J connectivity index is 1.40. The van der Waals surface area contributed by atoms with Crippen molar-refractivity contribution >= 4 is 29.5 Å². The first-order valence-electron chi connectivity index (χ1n) is 9.20. The predicted molar refractivity (Wildman–Crippen MR) is 97.5 cm³/mol. The Morgan fingerprint density at radius 2 is 1.89 bits per heavy atom. The number of rotatable bonds is 2. The number of fused-ring (bicyclic) bond motifs is 1. The summed E-state index contributed by atoms with van der Waals surface area (Å²) in [6.07, 6.45) is 2.56. The van der Waals surface area contributed by atoms with Crippen molar-refractivity contribution in [2.75, 3.05) is 26.2 Å². The van der Waals surface area contributed by atoms with E-state index in [0.717, 1.165) is 0 Å². The number of halogens is 1. The zero-order valence-corrected chi connectivity index (χ0v) is 16.2. The third-order valence-corrected chi connectivity index (χ3v) is 6.05. The summed E-state index contributed by atoms with van der Waals surface area (Å²) in [5.74, 6) is -0.0459. The van der Waals surface area contributed by atoms with Gasteiger partial charge in [0, 0.05) is 45.8 Å². The summed E-state index contributed by atoms with van der Waals surface area (Å²) in [4.78, 5) is 42.0. The van der Waals surface area contributed by atoms with Crippen molar-refractivity contribution in [2.24, 2.45) is 7.05 Å². The molecule has 27 heavy (non-hydrogen) atoms. The smallest absolute Gasteiger partial charge is 0.410 e. The van der Waals surface area contributed by atoms with Crippen LogP contribution in [0.3, 0.4) is 0 Å². The van der Waals surface area contributed by atoms with Crippen LogP contribution in [0.1, 0.15) is 30.3 Å². The standard InChI is InChI=1S/C18H23ClN4O4/c1-11(24)22-9-15-16(10-22)27-18(26)23(15)13-3-5-21(6-4-13)17(25)14-7-12(19)8-20(14)2/h7-8,13,15-16H,3-6,9-10H2,1-2H3/t15-,16+/m1/s1. The maximum Gasteiger partial charge on any atom is 0.410 e. The van der Waals surface area contributed by atoms with Crippen molar-refractivity contribution in [1.29, 1.82) is 0 Å². The van der Waals surface area contributed by atoms with E-state index >= 15 is 0 Å². The zero-order chi connectivity index (χ0) is 19.3. The van der Waals surface area contributed by atoms with Crippen LogP contribution in [-0.2, 0) is 16.6 Å². The lowest BCUT2D eigenvalue weighted by Crippen LogP contribution is -2.51. The monoisotopic (exact) mass is 394 g/mol. The van der Waals surface area contributed by atoms with Gasteiger partial charge in [-0.05, 0) is 18.9 Å². The molecule has 1 aromatic rings. The Hall–Kier alpha value is -2.22. The maximum atomic E-state index is 12.7. The van der Waals surface area contributed by atoms with Crippen molar-refractivity contribution in [3.63, 3.8) is 0 Å². The highest BCUT2D eigenvalue weighted by Crippen LogP contribution is 2.32. The summed E-state index contributed by atoms with van der Waals surface area (Å²) in [7, 11) is 1.80. The number of hydrogen-bond acceptors (Lipinski definition) is 4. The minimum Gasteiger partial charge on any atom is -0.442 e. The second-order valence-electron chi connectivity index (χ2n) is 7.50. The van der Waals surface area contributed by atoms with E-state index in [1.165, 1.54) is 6.92 Å². The van der Waals surface area contributed by atoms with Crippen LogP contribution in [0.4, 0.5) is 4.79 Å². The summed E-state index contributed by atoms with van der Waals surface area (Å²) in [6.45, 7) is 3.67. The number of amides is 3. The lowest BCUT2D eigenvalue weighted by atomic mass is 10.0. The highest BCUT2D eigenvalue weighted by Gasteiger charge is 2.51. The molecule has 4 rings (SSSR count). The van der Waals surface area contributed by atoms with Crippen LogP contribution in [0.5, 0.6) is 0 Å². The van der Waals surface area contributed by atoms with Gasteiger partial charge in [-0.1, -0.05) is 11.6 Å². The summed E-state index contributed by atoms with van der Waals surface area (Å²) >= 11 is 5.98. The number of carbonyl (C=O) groups is 3. The summed E-state index contributed by atoms with van der Waals surface area (Å²) in [6, 6.07) is 1.62. The third-order valence-electron chi connectivity index (χ3n) is 5.84. The number of carbonyl (C=O) groups excluding carboxylic acids is 3. The van der Waals surface area contributed by atoms with Crippen molar-refractivity contribution in [3.8, 4) is 0 Å². The Morgan fingerprint density at radius 3 is 2.48 bits per heavy atom. The van der Waals surface area contributed by atoms with Gasteiger partial charge in [0.1, 0.15) is 11.8 Å². The molecular weight excluding hydrogens is 372 g/mol. The quantitative estimate of drug-likeness (QED) is 0.758. The van der Waals surface area contributed by atoms with Gasteiger partial charge >= 0.3 is 6.09 Å². The molecule has 8 nitrogen and oxygen atoms in total. The molecule has 3 fully saturated rings. The minimum absolute atomic E-state index is 0.00189. The van der Waals surface area contributed by atoms with E-state index in [0.29, 0.717) is 49.7 Å². The molecule has 0 spiro atoms. The fourth-order valence-corrected chi connectivity index (χ4v) is 4.64. The second-order valence-corrected chi connectivity index (χ2v) is 7.94. The van der Waals surface area contributed by atoms with Gasteiger partial charge < -0.3 is 19.1 Å². The second kappa shape index (κ2) is 6.74. The van der Waals surface area contributed by atoms with Gasteiger partial charge in [-0.2, -0.15) is 0 Å². The zero-order valence-electron chi connectivity index (χ0n) is 15.4. The maximum absolute atomic E-state index is 12.7. The molecular formula is C18H23ClN4O4. The average molecular weight is 395 g/mol. The molecule has 0 aliphatic carbocycles. The van der Waals surface area contributed by atoms with Crippen molar-refractivity contribution in [1.82, 2.24) is 19.3 Å². The van der Waals surface area contributed by atoms with Crippen LogP contribution in [0, 0.1) is 0 Å². The Kier molecular flexibility index (Phi) is 4.53. The summed E-state index contributed by atoms with van der Waals surface area (Å²) < 4.78 is 7.22. The normalized spacial score (nSPS) is 25.7. The van der Waals surface area contributed by atoms with E-state index in [9.17, 15) is 14.4 Å². The lowest BCUT2D eigenvalue weighted by molar-refractivity contribution is -0.128. The molecule has 9 heteroatoms. The van der Waals surface area contributed by atoms with Gasteiger partial charge in [0.25, 0.3) is 5.91 Å². The molecule has 0 radical (unpaired) electrons. The Morgan fingerprint density at radius 1 is 1.19 bits per heavy atom. The molecule has 1 aromatic heterocycles. The highest BCUT2D eigenvalue weighted by molar-refractivity contribution is 6.31. The predicted octanol–water partition coefficient (Wildman–Crippen LogP) is 1.33. The fourth-order valence-electron chi connectivity index (χ4n) is 4.39. The van der Waals surface area contributed by atoms with Crippen LogP contribution in [0.15, 0.2) is 12.3 Å². The van der Waals surface area contributed by atoms with Gasteiger partial charge in [0.2, 0.25) is 5.91 Å². The molecule has 0 N–H and O–H groups in total. The van der Waals surface area contributed by atoms with Crippen LogP contribution in [0.2, 0.25) is 5.02 Å². The van der Waals surface area contributed by atoms with Gasteiger partial charge in [-0.25, -0.2) is 4.79 Å². The number of ether oxygens (including phenoxy) is 1. The van der Waals surface area contributed by atoms with E-state index < -0.39 is 0 Å². The average Bonchev–Trinajstić information content (AvgIpc) is 3.26. The summed E-state index contributed by atoms with van der Waals surface area (Å²) in [5.41, 5.74) is 0.562. The SMILES string of the molecule is CC(=O)N1C[C@@H]2OC(=O)N(C3CCN(C(=O)c4cc(Cl)cn4C)CC3)[C@@H]2C1. The van der Waals surface area contributed by atoms with Crippen LogP contribution >= 0.6 is 11.6 Å². The first-order valence-corrected chi connectivity index (χ1v) is 9.58. The molecule has 3 aliphatic rings. The molecule has 3 saturated heterocycles. The van der Waals surface area contributed by atoms with Crippen molar-refractivity contribution in [2.45, 2.75) is 38.0 Å². The topological polar surface area (TPSA) is 75.1 Å². The molecule has 0 saturated carbocycles. The highest BCUT2D eigenvalue weighted by atomic mass is 35.5. The van der Waals surface area contributed by atoms with Gasteiger partial charge in [-0.3, -0.25) is 14.5 Å². The van der Waals surface area contributed by atoms with Crippen molar-refractivity contribution < 1.29 is 19.1 Å². The first kappa shape index (κ1) is 18.2.